The third-order valence-electron chi connectivity index (χ3n) is 7.09. The second-order valence-electron chi connectivity index (χ2n) is 9.96. The summed E-state index contributed by atoms with van der Waals surface area (Å²) in [6.07, 6.45) is 2.81. The second-order valence-corrected chi connectivity index (χ2v) is 11.8. The molecule has 2 amide bonds. The third kappa shape index (κ3) is 6.06. The van der Waals surface area contributed by atoms with Crippen LogP contribution in [0.15, 0.2) is 72.1 Å². The van der Waals surface area contributed by atoms with E-state index in [-0.39, 0.29) is 24.5 Å². The maximum atomic E-state index is 13.2. The molecule has 4 aromatic rings. The Balaban J connectivity index is 1.24. The first-order valence-corrected chi connectivity index (χ1v) is 14.4. The summed E-state index contributed by atoms with van der Waals surface area (Å²) in [7, 11) is -2.33. The van der Waals surface area contributed by atoms with Gasteiger partial charge in [-0.25, -0.2) is 18.9 Å². The molecule has 3 N–H and O–H groups in total. The number of hydroxylamine groups is 1. The van der Waals surface area contributed by atoms with Crippen molar-refractivity contribution in [2.24, 2.45) is 18.9 Å². The molecule has 5 rings (SSSR count). The van der Waals surface area contributed by atoms with Gasteiger partial charge in [-0.3, -0.25) is 19.8 Å². The number of anilines is 1. The zero-order valence-electron chi connectivity index (χ0n) is 22.5. The Morgan fingerprint density at radius 3 is 2.56 bits per heavy atom. The number of para-hydroxylation sites is 1. The highest BCUT2D eigenvalue weighted by atomic mass is 32.2. The number of amides is 2. The van der Waals surface area contributed by atoms with Gasteiger partial charge in [-0.2, -0.15) is 4.31 Å². The quantitative estimate of drug-likeness (QED) is 0.213. The normalized spacial score (nSPS) is 17.7. The molecule has 0 aliphatic carbocycles. The number of pyridine rings is 1. The second kappa shape index (κ2) is 11.6. The summed E-state index contributed by atoms with van der Waals surface area (Å²) in [6.45, 7) is 2.01. The highest BCUT2D eigenvalue weighted by Gasteiger charge is 2.42. The van der Waals surface area contributed by atoms with E-state index in [0.29, 0.717) is 18.0 Å². The van der Waals surface area contributed by atoms with Crippen molar-refractivity contribution < 1.29 is 28.0 Å². The van der Waals surface area contributed by atoms with E-state index in [0.717, 1.165) is 26.5 Å². The van der Waals surface area contributed by atoms with Crippen molar-refractivity contribution in [3.63, 3.8) is 0 Å². The van der Waals surface area contributed by atoms with Crippen LogP contribution in [0.1, 0.15) is 17.7 Å². The number of hydrogen-bond acceptors (Lipinski definition) is 8. The number of carbonyl (C=O) groups is 2. The van der Waals surface area contributed by atoms with Gasteiger partial charge < -0.3 is 14.6 Å². The predicted molar refractivity (Wildman–Crippen MR) is 149 cm³/mol. The van der Waals surface area contributed by atoms with Gasteiger partial charge in [0.25, 0.3) is 10.0 Å². The van der Waals surface area contributed by atoms with Crippen LogP contribution in [0.4, 0.5) is 5.69 Å². The first kappa shape index (κ1) is 28.2. The number of fused-ring (bicyclic) bond motifs is 1. The molecule has 12 nitrogen and oxygen atoms in total. The first-order valence-electron chi connectivity index (χ1n) is 13.0. The monoisotopic (exact) mass is 578 g/mol. The van der Waals surface area contributed by atoms with Gasteiger partial charge in [0, 0.05) is 48.7 Å². The van der Waals surface area contributed by atoms with Crippen molar-refractivity contribution in [2.75, 3.05) is 18.4 Å². The Morgan fingerprint density at radius 1 is 1.10 bits per heavy atom. The largest absolute Gasteiger partial charge is 0.489 e. The van der Waals surface area contributed by atoms with Crippen LogP contribution >= 0.6 is 0 Å². The fraction of sp³-hybridized carbons (Fsp3) is 0.286. The highest BCUT2D eigenvalue weighted by molar-refractivity contribution is 7.89. The van der Waals surface area contributed by atoms with Gasteiger partial charge in [0.1, 0.15) is 12.4 Å². The van der Waals surface area contributed by atoms with Gasteiger partial charge in [-0.05, 0) is 49.7 Å². The summed E-state index contributed by atoms with van der Waals surface area (Å²) in [6, 6.07) is 16.7. The lowest BCUT2D eigenvalue weighted by molar-refractivity contribution is -0.140. The molecule has 0 unspecified atom stereocenters. The average molecular weight is 579 g/mol. The number of nitrogens with one attached hydrogen (secondary N) is 2. The summed E-state index contributed by atoms with van der Waals surface area (Å²) in [4.78, 5) is 34.1. The number of benzene rings is 2. The van der Waals surface area contributed by atoms with Crippen LogP contribution in [-0.4, -0.2) is 57.4 Å². The van der Waals surface area contributed by atoms with Crippen molar-refractivity contribution in [3.8, 4) is 5.75 Å². The van der Waals surface area contributed by atoms with Crippen LogP contribution in [0, 0.1) is 18.8 Å². The lowest BCUT2D eigenvalue weighted by atomic mass is 9.85. The smallest absolute Gasteiger partial charge is 0.262 e. The zero-order chi connectivity index (χ0) is 29.1. The van der Waals surface area contributed by atoms with Gasteiger partial charge in [-0.1, -0.05) is 18.2 Å². The van der Waals surface area contributed by atoms with Gasteiger partial charge in [0.2, 0.25) is 11.8 Å². The van der Waals surface area contributed by atoms with E-state index in [1.165, 1.54) is 17.1 Å². The number of sulfonamides is 1. The molecule has 1 fully saturated rings. The summed E-state index contributed by atoms with van der Waals surface area (Å²) in [5, 5.41) is 12.9. The number of aromatic nitrogens is 3. The van der Waals surface area contributed by atoms with Crippen LogP contribution in [-0.2, 0) is 33.3 Å². The van der Waals surface area contributed by atoms with E-state index < -0.39 is 33.7 Å². The summed E-state index contributed by atoms with van der Waals surface area (Å²) in [5.74, 6) is -2.66. The molecule has 2 aromatic carbocycles. The minimum absolute atomic E-state index is 0.0160. The van der Waals surface area contributed by atoms with Gasteiger partial charge in [-0.15, -0.1) is 0 Å². The summed E-state index contributed by atoms with van der Waals surface area (Å²) < 4.78 is 34.6. The number of ether oxygens (including phenoxy) is 1. The van der Waals surface area contributed by atoms with E-state index in [1.807, 2.05) is 37.3 Å². The molecule has 0 spiro atoms. The number of nitrogens with zero attached hydrogens (tertiary/aromatic N) is 4. The molecule has 1 aliphatic rings. The Hall–Kier alpha value is -4.33. The number of imidazole rings is 1. The SMILES string of the molecule is Cc1cc(COc2ccc(NC(=O)[C@H]3CCN(S(=O)(=O)c4cn(C)cn4)C[C@@H]3C(=O)NO)cc2)c2ccccc2n1. The molecule has 214 valence electrons. The van der Waals surface area contributed by atoms with E-state index in [2.05, 4.69) is 15.3 Å². The number of carbonyl (C=O) groups excluding carboxylic acids is 2. The summed E-state index contributed by atoms with van der Waals surface area (Å²) >= 11 is 0. The summed E-state index contributed by atoms with van der Waals surface area (Å²) in [5.41, 5.74) is 4.86. The average Bonchev–Trinajstić information content (AvgIpc) is 3.43. The molecule has 0 bridgehead atoms. The van der Waals surface area contributed by atoms with Crippen molar-refractivity contribution in [3.05, 3.63) is 78.4 Å². The zero-order valence-corrected chi connectivity index (χ0v) is 23.3. The van der Waals surface area contributed by atoms with Gasteiger partial charge >= 0.3 is 0 Å². The molecule has 13 heteroatoms. The lowest BCUT2D eigenvalue weighted by Gasteiger charge is -2.35. The predicted octanol–water partition coefficient (Wildman–Crippen LogP) is 2.63. The molecule has 2 aromatic heterocycles. The Kier molecular flexibility index (Phi) is 8.01. The lowest BCUT2D eigenvalue weighted by Crippen LogP contribution is -2.51. The van der Waals surface area contributed by atoms with E-state index in [1.54, 1.807) is 36.8 Å². The van der Waals surface area contributed by atoms with Crippen LogP contribution in [0.5, 0.6) is 5.75 Å². The van der Waals surface area contributed by atoms with E-state index in [9.17, 15) is 23.2 Å². The fourth-order valence-electron chi connectivity index (χ4n) is 5.00. The highest BCUT2D eigenvalue weighted by Crippen LogP contribution is 2.30. The minimum Gasteiger partial charge on any atom is -0.489 e. The maximum Gasteiger partial charge on any atom is 0.262 e. The van der Waals surface area contributed by atoms with Crippen LogP contribution in [0.2, 0.25) is 0 Å². The molecule has 41 heavy (non-hydrogen) atoms. The van der Waals surface area contributed by atoms with Crippen molar-refractivity contribution >= 4 is 38.4 Å². The Labute approximate surface area is 237 Å². The fourth-order valence-corrected chi connectivity index (χ4v) is 6.45. The standard InChI is InChI=1S/C28H30N6O6S/c1-18-13-19(22-5-3-4-6-25(22)30-18)16-40-21-9-7-20(8-10-21)31-27(35)23-11-12-34(14-24(23)28(36)32-37)41(38,39)26-15-33(2)17-29-26/h3-10,13,15,17,23-24,37H,11-12,14,16H2,1-2H3,(H,31,35)(H,32,36)/t23-,24-/m0/s1. The third-order valence-corrected chi connectivity index (χ3v) is 8.84. The van der Waals surface area contributed by atoms with Gasteiger partial charge in [0.15, 0.2) is 5.03 Å². The molecule has 0 radical (unpaired) electrons. The van der Waals surface area contributed by atoms with E-state index >= 15 is 0 Å². The number of rotatable bonds is 8. The molecule has 2 atom stereocenters. The Bertz CT molecular complexity index is 1690. The van der Waals surface area contributed by atoms with Crippen molar-refractivity contribution in [2.45, 2.75) is 25.0 Å². The van der Waals surface area contributed by atoms with Crippen molar-refractivity contribution in [1.82, 2.24) is 24.3 Å². The van der Waals surface area contributed by atoms with Crippen LogP contribution in [0.25, 0.3) is 10.9 Å². The van der Waals surface area contributed by atoms with Crippen LogP contribution in [0.3, 0.4) is 0 Å². The van der Waals surface area contributed by atoms with Crippen molar-refractivity contribution in [1.29, 1.82) is 0 Å². The molecule has 0 saturated carbocycles. The number of aryl methyl sites for hydroxylation is 2. The molecule has 1 aliphatic heterocycles. The Morgan fingerprint density at radius 2 is 1.85 bits per heavy atom. The molecule has 1 saturated heterocycles. The minimum atomic E-state index is -3.98. The van der Waals surface area contributed by atoms with Crippen LogP contribution < -0.4 is 15.5 Å². The number of piperidine rings is 1. The maximum absolute atomic E-state index is 13.2. The number of hydrogen-bond donors (Lipinski definition) is 3. The first-order chi connectivity index (χ1) is 19.7. The molecule has 3 heterocycles. The molecular weight excluding hydrogens is 548 g/mol. The van der Waals surface area contributed by atoms with E-state index in [4.69, 9.17) is 4.74 Å². The topological polar surface area (TPSA) is 156 Å². The van der Waals surface area contributed by atoms with Gasteiger partial charge in [0.05, 0.1) is 23.7 Å². The molecular formula is C28H30N6O6S.